The van der Waals surface area contributed by atoms with Gasteiger partial charge in [-0.25, -0.2) is 9.37 Å². The number of aliphatic hydroxyl groups excluding tert-OH is 3. The summed E-state index contributed by atoms with van der Waals surface area (Å²) in [6.07, 6.45) is -4.22. The Labute approximate surface area is 210 Å². The first-order chi connectivity index (χ1) is 17.4. The third-order valence-corrected chi connectivity index (χ3v) is 7.17. The minimum absolute atomic E-state index is 0.0373. The summed E-state index contributed by atoms with van der Waals surface area (Å²) in [5.74, 6) is -1.28. The lowest BCUT2D eigenvalue weighted by molar-refractivity contribution is -0.286. The molecule has 37 heavy (non-hydrogen) atoms. The van der Waals surface area contributed by atoms with Crippen LogP contribution in [-0.2, 0) is 28.6 Å². The molecule has 3 heterocycles. The molecular weight excluding hydrogens is 493 g/mol. The van der Waals surface area contributed by atoms with Gasteiger partial charge >= 0.3 is 6.29 Å². The predicted molar refractivity (Wildman–Crippen MR) is 125 cm³/mol. The number of Topliss-reactive ketones (excluding diaryl/α,β-unsaturated/α-hetero) is 1. The van der Waals surface area contributed by atoms with E-state index in [1.807, 2.05) is 0 Å². The van der Waals surface area contributed by atoms with Gasteiger partial charge in [0.25, 0.3) is 0 Å². The van der Waals surface area contributed by atoms with E-state index in [0.717, 1.165) is 0 Å². The maximum absolute atomic E-state index is 15.2. The number of aliphatic hydroxyl groups is 3. The number of aromatic nitrogens is 2. The number of rotatable bonds is 9. The number of carbonyl (C=O) groups is 1. The van der Waals surface area contributed by atoms with Gasteiger partial charge in [-0.15, -0.1) is 8.78 Å². The highest BCUT2D eigenvalue weighted by atomic mass is 19.3. The van der Waals surface area contributed by atoms with Gasteiger partial charge in [0.15, 0.2) is 11.5 Å². The third kappa shape index (κ3) is 4.45. The van der Waals surface area contributed by atoms with Gasteiger partial charge in [-0.3, -0.25) is 4.79 Å². The maximum atomic E-state index is 15.2. The molecule has 1 aliphatic carbocycles. The first-order valence-corrected chi connectivity index (χ1v) is 11.9. The number of nitrogens with zero attached hydrogens (tertiary/aromatic N) is 2. The summed E-state index contributed by atoms with van der Waals surface area (Å²) < 4.78 is 52.6. The van der Waals surface area contributed by atoms with Gasteiger partial charge in [-0.05, 0) is 36.6 Å². The van der Waals surface area contributed by atoms with Crippen LogP contribution in [0, 0.1) is 5.82 Å². The van der Waals surface area contributed by atoms with Gasteiger partial charge < -0.3 is 29.4 Å². The zero-order valence-corrected chi connectivity index (χ0v) is 20.3. The maximum Gasteiger partial charge on any atom is 0.586 e. The molecule has 1 aliphatic heterocycles. The zero-order valence-electron chi connectivity index (χ0n) is 20.3. The second kappa shape index (κ2) is 8.71. The van der Waals surface area contributed by atoms with Crippen LogP contribution < -0.4 is 9.47 Å². The van der Waals surface area contributed by atoms with Gasteiger partial charge in [0.05, 0.1) is 54.4 Å². The van der Waals surface area contributed by atoms with Gasteiger partial charge in [0, 0.05) is 17.2 Å². The second-order valence-corrected chi connectivity index (χ2v) is 10.4. The van der Waals surface area contributed by atoms with E-state index < -0.39 is 35.7 Å². The van der Waals surface area contributed by atoms with Crippen LogP contribution in [0.4, 0.5) is 13.2 Å². The fourth-order valence-corrected chi connectivity index (χ4v) is 4.85. The van der Waals surface area contributed by atoms with Crippen LogP contribution in [0.25, 0.3) is 11.0 Å². The van der Waals surface area contributed by atoms with Crippen molar-refractivity contribution in [1.82, 2.24) is 9.55 Å². The Hall–Kier alpha value is -3.15. The number of ketones is 1. The molecule has 1 atom stereocenters. The monoisotopic (exact) mass is 520 g/mol. The summed E-state index contributed by atoms with van der Waals surface area (Å²) in [5.41, 5.74) is 0.0524. The fraction of sp³-hybridized carbons (Fsp3) is 0.462. The molecule has 1 fully saturated rings. The van der Waals surface area contributed by atoms with Crippen molar-refractivity contribution in [2.24, 2.45) is 0 Å². The Balaban J connectivity index is 1.46. The van der Waals surface area contributed by atoms with Crippen LogP contribution in [0.2, 0.25) is 0 Å². The van der Waals surface area contributed by atoms with Crippen LogP contribution in [0.5, 0.6) is 11.5 Å². The highest BCUT2D eigenvalue weighted by molar-refractivity contribution is 5.95. The van der Waals surface area contributed by atoms with E-state index >= 15 is 4.39 Å². The number of alkyl halides is 2. The van der Waals surface area contributed by atoms with Gasteiger partial charge in [0.2, 0.25) is 0 Å². The Morgan fingerprint density at radius 3 is 2.51 bits per heavy atom. The zero-order chi connectivity index (χ0) is 26.8. The number of halogens is 3. The van der Waals surface area contributed by atoms with Crippen molar-refractivity contribution >= 4 is 16.8 Å². The number of pyridine rings is 1. The van der Waals surface area contributed by atoms with Gasteiger partial charge in [-0.2, -0.15) is 0 Å². The predicted octanol–water partition coefficient (Wildman–Crippen LogP) is 2.96. The molecule has 0 bridgehead atoms. The van der Waals surface area contributed by atoms with Crippen LogP contribution in [-0.4, -0.2) is 56.3 Å². The lowest BCUT2D eigenvalue weighted by Gasteiger charge is -2.25. The van der Waals surface area contributed by atoms with Crippen molar-refractivity contribution in [3.05, 3.63) is 53.1 Å². The highest BCUT2D eigenvalue weighted by Crippen LogP contribution is 2.52. The van der Waals surface area contributed by atoms with Gasteiger partial charge in [0.1, 0.15) is 11.6 Å². The molecule has 0 saturated heterocycles. The summed E-state index contributed by atoms with van der Waals surface area (Å²) in [5, 5.41) is 29.2. The number of benzene rings is 1. The second-order valence-electron chi connectivity index (χ2n) is 10.4. The van der Waals surface area contributed by atoms with Crippen LogP contribution in [0.3, 0.4) is 0 Å². The molecule has 0 amide bonds. The molecule has 0 unspecified atom stereocenters. The molecule has 3 aromatic rings. The van der Waals surface area contributed by atoms with E-state index in [2.05, 4.69) is 14.5 Å². The van der Waals surface area contributed by atoms with Crippen molar-refractivity contribution in [2.45, 2.75) is 62.9 Å². The minimum Gasteiger partial charge on any atom is -0.395 e. The molecule has 11 heteroatoms. The normalized spacial score (nSPS) is 18.3. The lowest BCUT2D eigenvalue weighted by Crippen LogP contribution is -2.29. The quantitative estimate of drug-likeness (QED) is 0.398. The van der Waals surface area contributed by atoms with E-state index in [4.69, 9.17) is 0 Å². The third-order valence-electron chi connectivity index (χ3n) is 7.17. The molecule has 8 nitrogen and oxygen atoms in total. The molecule has 5 rings (SSSR count). The lowest BCUT2D eigenvalue weighted by atomic mass is 9.88. The van der Waals surface area contributed by atoms with Crippen molar-refractivity contribution in [1.29, 1.82) is 0 Å². The number of hydrogen-bond acceptors (Lipinski definition) is 7. The summed E-state index contributed by atoms with van der Waals surface area (Å²) in [6, 6.07) is 7.14. The molecule has 0 radical (unpaired) electrons. The number of carbonyl (C=O) groups excluding carboxylic acids is 1. The summed E-state index contributed by atoms with van der Waals surface area (Å²) in [6.45, 7) is 2.80. The largest absolute Gasteiger partial charge is 0.586 e. The summed E-state index contributed by atoms with van der Waals surface area (Å²) in [4.78, 5) is 17.8. The fourth-order valence-electron chi connectivity index (χ4n) is 4.85. The van der Waals surface area contributed by atoms with Crippen LogP contribution >= 0.6 is 0 Å². The van der Waals surface area contributed by atoms with Crippen molar-refractivity contribution in [3.8, 4) is 11.5 Å². The van der Waals surface area contributed by atoms with Crippen LogP contribution in [0.15, 0.2) is 30.3 Å². The van der Waals surface area contributed by atoms with Gasteiger partial charge in [-0.1, -0.05) is 19.9 Å². The van der Waals surface area contributed by atoms with E-state index in [9.17, 15) is 28.9 Å². The number of ether oxygens (including phenoxy) is 2. The van der Waals surface area contributed by atoms with Crippen molar-refractivity contribution in [3.63, 3.8) is 0 Å². The number of fused-ring (bicyclic) bond motifs is 2. The first kappa shape index (κ1) is 25.5. The molecule has 1 aromatic carbocycles. The highest BCUT2D eigenvalue weighted by Gasteiger charge is 2.52. The van der Waals surface area contributed by atoms with Crippen molar-refractivity contribution < 1.29 is 42.8 Å². The van der Waals surface area contributed by atoms with E-state index in [-0.39, 0.29) is 42.5 Å². The molecule has 0 spiro atoms. The average Bonchev–Trinajstić information content (AvgIpc) is 3.50. The molecule has 3 N–H and O–H groups in total. The van der Waals surface area contributed by atoms with Crippen molar-refractivity contribution in [2.75, 3.05) is 13.2 Å². The Morgan fingerprint density at radius 2 is 1.86 bits per heavy atom. The standard InChI is InChI=1S/C26H27F3N2O6/c1-24(2,13-33)22-9-18-19(31(22)11-15(34)12-32)8-16(27)17(30-18)10-23(35)25(5-6-25)14-3-4-20-21(7-14)37-26(28,29)36-20/h3-4,7-9,15,32-34H,5-6,10-13H2,1-2H3/t15-/m1/s1. The van der Waals surface area contributed by atoms with E-state index in [1.165, 1.54) is 24.3 Å². The average molecular weight is 521 g/mol. The molecule has 198 valence electrons. The minimum atomic E-state index is -3.77. The molecular formula is C26H27F3N2O6. The van der Waals surface area contributed by atoms with Crippen LogP contribution in [0.1, 0.15) is 43.6 Å². The molecule has 2 aliphatic rings. The summed E-state index contributed by atoms with van der Waals surface area (Å²) in [7, 11) is 0. The topological polar surface area (TPSA) is 114 Å². The Morgan fingerprint density at radius 1 is 1.16 bits per heavy atom. The number of hydrogen-bond donors (Lipinski definition) is 3. The van der Waals surface area contributed by atoms with E-state index in [0.29, 0.717) is 35.1 Å². The SMILES string of the molecule is CC(C)(CO)c1cc2nc(CC(=O)C3(c4ccc5c(c4)OC(F)(F)O5)CC3)c(F)cc2n1C[C@@H](O)CO. The Kier molecular flexibility index (Phi) is 6.00. The molecule has 1 saturated carbocycles. The molecule has 2 aromatic heterocycles. The summed E-state index contributed by atoms with van der Waals surface area (Å²) >= 11 is 0. The first-order valence-electron chi connectivity index (χ1n) is 11.9. The van der Waals surface area contributed by atoms with E-state index in [1.54, 1.807) is 24.5 Å². The smallest absolute Gasteiger partial charge is 0.395 e. The Bertz CT molecular complexity index is 1380.